The molecule has 9 aromatic rings. The van der Waals surface area contributed by atoms with Gasteiger partial charge in [0.2, 0.25) is 0 Å². The average molecular weight is 731 g/mol. The quantitative estimate of drug-likeness (QED) is 0.138. The molecule has 9 rings (SSSR count). The highest BCUT2D eigenvalue weighted by atomic mass is 15.0. The molecular weight excluding hydrogens is 689 g/mol. The van der Waals surface area contributed by atoms with E-state index in [-0.39, 0.29) is 0 Å². The zero-order valence-corrected chi connectivity index (χ0v) is 32.4. The number of aromatic nitrogens is 2. The number of hydrogen-bond acceptors (Lipinski definition) is 0. The molecule has 2 heterocycles. The maximum Gasteiger partial charge on any atom is 0.104 e. The van der Waals surface area contributed by atoms with Crippen molar-refractivity contribution < 1.29 is 0 Å². The lowest BCUT2D eigenvalue weighted by molar-refractivity contribution is 0.997. The lowest BCUT2D eigenvalue weighted by Crippen LogP contribution is -2.01. The van der Waals surface area contributed by atoms with Crippen molar-refractivity contribution >= 4 is 39.5 Å². The molecule has 0 bridgehead atoms. The molecule has 0 aliphatic rings. The Labute approximate surface area is 335 Å². The molecule has 2 heteroatoms. The van der Waals surface area contributed by atoms with Gasteiger partial charge in [0.15, 0.2) is 0 Å². The second-order valence-corrected chi connectivity index (χ2v) is 14.5. The van der Waals surface area contributed by atoms with Crippen LogP contribution in [-0.4, -0.2) is 9.13 Å². The van der Waals surface area contributed by atoms with Gasteiger partial charge in [-0.2, -0.15) is 0 Å². The molecule has 272 valence electrons. The summed E-state index contributed by atoms with van der Waals surface area (Å²) in [5.41, 5.74) is 17.9. The van der Waals surface area contributed by atoms with Gasteiger partial charge in [-0.25, -0.2) is 0 Å². The van der Waals surface area contributed by atoms with Crippen LogP contribution < -0.4 is 0 Å². The third-order valence-electron chi connectivity index (χ3n) is 11.1. The fourth-order valence-electron chi connectivity index (χ4n) is 8.38. The van der Waals surface area contributed by atoms with Gasteiger partial charge in [0.05, 0.1) is 11.0 Å². The Hall–Kier alpha value is -7.34. The minimum Gasteiger partial charge on any atom is -0.309 e. The summed E-state index contributed by atoms with van der Waals surface area (Å²) in [6, 6.07) is 62.8. The lowest BCUT2D eigenvalue weighted by atomic mass is 9.98. The van der Waals surface area contributed by atoms with E-state index in [1.165, 1.54) is 38.5 Å². The van der Waals surface area contributed by atoms with Crippen LogP contribution in [0.15, 0.2) is 182 Å². The Morgan fingerprint density at radius 3 is 1.67 bits per heavy atom. The molecule has 0 fully saturated rings. The Balaban J connectivity index is 1.24. The Morgan fingerprint density at radius 1 is 0.526 bits per heavy atom. The fourth-order valence-corrected chi connectivity index (χ4v) is 8.38. The van der Waals surface area contributed by atoms with Crippen molar-refractivity contribution in [2.24, 2.45) is 0 Å². The molecule has 0 aliphatic heterocycles. The van der Waals surface area contributed by atoms with Gasteiger partial charge < -0.3 is 9.13 Å². The van der Waals surface area contributed by atoms with E-state index in [1.807, 2.05) is 0 Å². The van der Waals surface area contributed by atoms with E-state index in [0.29, 0.717) is 0 Å². The van der Waals surface area contributed by atoms with Crippen molar-refractivity contribution in [3.8, 4) is 57.1 Å². The number of terminal acetylenes is 1. The van der Waals surface area contributed by atoms with Crippen LogP contribution in [0.2, 0.25) is 0 Å². The van der Waals surface area contributed by atoms with Crippen LogP contribution in [0.3, 0.4) is 0 Å². The van der Waals surface area contributed by atoms with E-state index in [1.54, 1.807) is 0 Å². The smallest absolute Gasteiger partial charge is 0.104 e. The second-order valence-electron chi connectivity index (χ2n) is 14.5. The molecule has 7 aromatic carbocycles. The molecule has 0 N–H and O–H groups in total. The van der Waals surface area contributed by atoms with Gasteiger partial charge >= 0.3 is 0 Å². The number of nitrogens with zero attached hydrogens (tertiary/aromatic N) is 2. The molecule has 0 radical (unpaired) electrons. The molecule has 0 amide bonds. The molecular formula is C55H42N2. The number of rotatable bonds is 8. The van der Waals surface area contributed by atoms with E-state index in [4.69, 9.17) is 6.42 Å². The van der Waals surface area contributed by atoms with Gasteiger partial charge in [-0.15, -0.1) is 6.42 Å². The van der Waals surface area contributed by atoms with E-state index >= 15 is 0 Å². The maximum atomic E-state index is 6.46. The van der Waals surface area contributed by atoms with Crippen LogP contribution in [-0.2, 0) is 0 Å². The first-order chi connectivity index (χ1) is 28.0. The van der Waals surface area contributed by atoms with Crippen molar-refractivity contribution in [3.63, 3.8) is 0 Å². The van der Waals surface area contributed by atoms with Gasteiger partial charge in [0.1, 0.15) is 5.69 Å². The molecule has 2 aromatic heterocycles. The SMILES string of the molecule is C#Cc1c(C=CC)c(C=C(C)c2cccc3c4ccccc4n(-c4ccc(-c5ccccc5)cc4)c23)c(C)n1-c1cc(-c2ccccc2)cc(-c2ccccc2)c1. The van der Waals surface area contributed by atoms with Crippen molar-refractivity contribution in [2.45, 2.75) is 20.8 Å². The Kier molecular flexibility index (Phi) is 9.35. The van der Waals surface area contributed by atoms with Gasteiger partial charge in [-0.1, -0.05) is 158 Å². The molecule has 0 atom stereocenters. The highest BCUT2D eigenvalue weighted by Gasteiger charge is 2.21. The second kappa shape index (κ2) is 15.1. The largest absolute Gasteiger partial charge is 0.309 e. The average Bonchev–Trinajstić information content (AvgIpc) is 3.75. The lowest BCUT2D eigenvalue weighted by Gasteiger charge is -2.15. The summed E-state index contributed by atoms with van der Waals surface area (Å²) in [5.74, 6) is 3.11. The van der Waals surface area contributed by atoms with Crippen LogP contribution in [0.1, 0.15) is 41.9 Å². The van der Waals surface area contributed by atoms with E-state index in [0.717, 1.165) is 61.7 Å². The Bertz CT molecular complexity index is 2950. The van der Waals surface area contributed by atoms with Crippen LogP contribution in [0.5, 0.6) is 0 Å². The normalized spacial score (nSPS) is 11.8. The van der Waals surface area contributed by atoms with Gasteiger partial charge in [-0.3, -0.25) is 0 Å². The van der Waals surface area contributed by atoms with Gasteiger partial charge in [0, 0.05) is 44.5 Å². The first-order valence-electron chi connectivity index (χ1n) is 19.5. The predicted octanol–water partition coefficient (Wildman–Crippen LogP) is 14.5. The summed E-state index contributed by atoms with van der Waals surface area (Å²) in [6.45, 7) is 6.47. The van der Waals surface area contributed by atoms with Crippen LogP contribution in [0.4, 0.5) is 0 Å². The minimum atomic E-state index is 0.833. The number of allylic oxidation sites excluding steroid dienone is 2. The van der Waals surface area contributed by atoms with E-state index in [2.05, 4.69) is 230 Å². The monoisotopic (exact) mass is 730 g/mol. The topological polar surface area (TPSA) is 9.86 Å². The van der Waals surface area contributed by atoms with Crippen LogP contribution in [0.25, 0.3) is 84.3 Å². The van der Waals surface area contributed by atoms with Gasteiger partial charge in [0.25, 0.3) is 0 Å². The van der Waals surface area contributed by atoms with Crippen molar-refractivity contribution in [1.82, 2.24) is 9.13 Å². The maximum absolute atomic E-state index is 6.46. The third kappa shape index (κ3) is 6.40. The van der Waals surface area contributed by atoms with Gasteiger partial charge in [-0.05, 0) is 102 Å². The zero-order chi connectivity index (χ0) is 38.9. The van der Waals surface area contributed by atoms with Crippen molar-refractivity contribution in [3.05, 3.63) is 210 Å². The van der Waals surface area contributed by atoms with E-state index in [9.17, 15) is 0 Å². The van der Waals surface area contributed by atoms with Crippen LogP contribution >= 0.6 is 0 Å². The number of para-hydroxylation sites is 2. The molecule has 0 saturated heterocycles. The summed E-state index contributed by atoms with van der Waals surface area (Å²) in [4.78, 5) is 0. The first-order valence-corrected chi connectivity index (χ1v) is 19.5. The summed E-state index contributed by atoms with van der Waals surface area (Å²) >= 11 is 0. The molecule has 0 saturated carbocycles. The summed E-state index contributed by atoms with van der Waals surface area (Å²) in [5, 5.41) is 2.45. The number of fused-ring (bicyclic) bond motifs is 3. The highest BCUT2D eigenvalue weighted by molar-refractivity contribution is 6.13. The highest BCUT2D eigenvalue weighted by Crippen LogP contribution is 2.39. The molecule has 0 spiro atoms. The molecule has 0 unspecified atom stereocenters. The third-order valence-corrected chi connectivity index (χ3v) is 11.1. The van der Waals surface area contributed by atoms with Crippen molar-refractivity contribution in [1.29, 1.82) is 0 Å². The summed E-state index contributed by atoms with van der Waals surface area (Å²) in [7, 11) is 0. The summed E-state index contributed by atoms with van der Waals surface area (Å²) < 4.78 is 4.68. The van der Waals surface area contributed by atoms with E-state index < -0.39 is 0 Å². The standard InChI is InChI=1S/C55H42N2/c1-5-19-49-52(39(4)56(53(49)6-2)47-36-44(41-22-12-8-13-23-41)35-45(37-47)42-24-14-9-15-25-42)34-38(3)48-27-18-28-51-50-26-16-17-29-54(50)57(55(48)51)46-32-30-43(31-33-46)40-20-10-7-11-21-40/h2,5,7-37H,1,3-4H3. The van der Waals surface area contributed by atoms with Crippen molar-refractivity contribution in [2.75, 3.05) is 0 Å². The predicted molar refractivity (Wildman–Crippen MR) is 244 cm³/mol. The summed E-state index contributed by atoms with van der Waals surface area (Å²) in [6.07, 6.45) is 13.0. The zero-order valence-electron chi connectivity index (χ0n) is 32.4. The molecule has 57 heavy (non-hydrogen) atoms. The number of benzene rings is 7. The molecule has 2 nitrogen and oxygen atoms in total. The minimum absolute atomic E-state index is 0.833. The van der Waals surface area contributed by atoms with Crippen LogP contribution in [0, 0.1) is 19.3 Å². The Morgan fingerprint density at radius 2 is 1.07 bits per heavy atom. The fraction of sp³-hybridized carbons (Fsp3) is 0.0545. The number of hydrogen-bond donors (Lipinski definition) is 0. The molecule has 0 aliphatic carbocycles. The first kappa shape index (κ1) is 35.4.